The minimum absolute atomic E-state index is 0.0401. The average Bonchev–Trinajstić information content (AvgIpc) is 2.95. The zero-order valence-electron chi connectivity index (χ0n) is 15.1. The SMILES string of the molecule is Cc1ccc(C)c(OC(=O)C2=NN([C@@H]3CCS(=O)(=O)C3)C(=O)CC2)c1C. The van der Waals surface area contributed by atoms with Crippen LogP contribution in [0, 0.1) is 20.8 Å². The van der Waals surface area contributed by atoms with Crippen LogP contribution in [0.25, 0.3) is 0 Å². The normalized spacial score (nSPS) is 22.3. The second-order valence-corrected chi connectivity index (χ2v) is 9.11. The van der Waals surface area contributed by atoms with Gasteiger partial charge in [-0.1, -0.05) is 12.1 Å². The molecule has 2 aliphatic heterocycles. The Morgan fingerprint density at radius 2 is 1.88 bits per heavy atom. The number of carbonyl (C=O) groups excluding carboxylic acids is 2. The second-order valence-electron chi connectivity index (χ2n) is 6.88. The van der Waals surface area contributed by atoms with Gasteiger partial charge in [-0.15, -0.1) is 0 Å². The molecule has 0 aliphatic carbocycles. The molecule has 2 aliphatic rings. The summed E-state index contributed by atoms with van der Waals surface area (Å²) in [6.45, 7) is 5.68. The van der Waals surface area contributed by atoms with Crippen molar-refractivity contribution in [2.45, 2.75) is 46.1 Å². The summed E-state index contributed by atoms with van der Waals surface area (Å²) >= 11 is 0. The average molecular weight is 378 g/mol. The molecule has 7 nitrogen and oxygen atoms in total. The number of rotatable bonds is 3. The zero-order chi connectivity index (χ0) is 19.1. The summed E-state index contributed by atoms with van der Waals surface area (Å²) in [4.78, 5) is 24.7. The van der Waals surface area contributed by atoms with Gasteiger partial charge in [0.1, 0.15) is 11.5 Å². The molecule has 1 aromatic carbocycles. The van der Waals surface area contributed by atoms with Crippen LogP contribution in [0.2, 0.25) is 0 Å². The number of esters is 1. The maximum Gasteiger partial charge on any atom is 0.359 e. The number of aryl methyl sites for hydroxylation is 2. The molecule has 1 saturated heterocycles. The molecule has 3 rings (SSSR count). The molecular weight excluding hydrogens is 356 g/mol. The molecule has 0 bridgehead atoms. The Hall–Kier alpha value is -2.22. The molecule has 2 heterocycles. The summed E-state index contributed by atoms with van der Waals surface area (Å²) in [7, 11) is -3.15. The number of hydrogen-bond donors (Lipinski definition) is 0. The Balaban J connectivity index is 1.82. The van der Waals surface area contributed by atoms with Gasteiger partial charge in [-0.3, -0.25) is 4.79 Å². The van der Waals surface area contributed by atoms with Gasteiger partial charge in [-0.25, -0.2) is 18.2 Å². The monoisotopic (exact) mass is 378 g/mol. The number of amides is 1. The summed E-state index contributed by atoms with van der Waals surface area (Å²) in [5.41, 5.74) is 2.88. The van der Waals surface area contributed by atoms with Gasteiger partial charge in [0.2, 0.25) is 5.91 Å². The van der Waals surface area contributed by atoms with Crippen LogP contribution in [0.3, 0.4) is 0 Å². The zero-order valence-corrected chi connectivity index (χ0v) is 15.9. The van der Waals surface area contributed by atoms with E-state index >= 15 is 0 Å². The van der Waals surface area contributed by atoms with Crippen molar-refractivity contribution >= 4 is 27.4 Å². The van der Waals surface area contributed by atoms with E-state index in [0.717, 1.165) is 16.7 Å². The first kappa shape index (κ1) is 18.6. The van der Waals surface area contributed by atoms with E-state index in [2.05, 4.69) is 5.10 Å². The molecule has 0 saturated carbocycles. The van der Waals surface area contributed by atoms with Crippen LogP contribution in [-0.2, 0) is 19.4 Å². The minimum atomic E-state index is -3.15. The van der Waals surface area contributed by atoms with Crippen LogP contribution < -0.4 is 4.74 Å². The first-order chi connectivity index (χ1) is 12.2. The summed E-state index contributed by atoms with van der Waals surface area (Å²) in [5.74, 6) is -0.421. The molecule has 1 aromatic rings. The minimum Gasteiger partial charge on any atom is -0.421 e. The summed E-state index contributed by atoms with van der Waals surface area (Å²) in [6.07, 6.45) is 0.657. The fourth-order valence-corrected chi connectivity index (χ4v) is 4.90. The van der Waals surface area contributed by atoms with E-state index in [0.29, 0.717) is 12.2 Å². The van der Waals surface area contributed by atoms with Gasteiger partial charge in [-0.2, -0.15) is 5.10 Å². The molecule has 0 aromatic heterocycles. The van der Waals surface area contributed by atoms with Crippen molar-refractivity contribution < 1.29 is 22.7 Å². The Kier molecular flexibility index (Phi) is 4.88. The van der Waals surface area contributed by atoms with Gasteiger partial charge < -0.3 is 4.74 Å². The van der Waals surface area contributed by atoms with E-state index < -0.39 is 21.8 Å². The molecular formula is C18H22N2O5S. The van der Waals surface area contributed by atoms with Crippen molar-refractivity contribution in [2.75, 3.05) is 11.5 Å². The highest BCUT2D eigenvalue weighted by Gasteiger charge is 2.37. The maximum atomic E-state index is 12.6. The van der Waals surface area contributed by atoms with Gasteiger partial charge in [0.25, 0.3) is 0 Å². The molecule has 1 amide bonds. The fraction of sp³-hybridized carbons (Fsp3) is 0.500. The number of hydrazone groups is 1. The van der Waals surface area contributed by atoms with E-state index in [1.807, 2.05) is 32.9 Å². The van der Waals surface area contributed by atoms with Gasteiger partial charge in [0.05, 0.1) is 17.5 Å². The molecule has 26 heavy (non-hydrogen) atoms. The van der Waals surface area contributed by atoms with Crippen LogP contribution in [0.5, 0.6) is 5.75 Å². The van der Waals surface area contributed by atoms with E-state index in [1.165, 1.54) is 5.01 Å². The summed E-state index contributed by atoms with van der Waals surface area (Å²) in [5, 5.41) is 5.32. The molecule has 0 spiro atoms. The highest BCUT2D eigenvalue weighted by atomic mass is 32.2. The number of ether oxygens (including phenoxy) is 1. The molecule has 8 heteroatoms. The van der Waals surface area contributed by atoms with E-state index in [1.54, 1.807) is 0 Å². The fourth-order valence-electron chi connectivity index (χ4n) is 3.21. The topological polar surface area (TPSA) is 93.1 Å². The standard InChI is InChI=1S/C18H22N2O5S/c1-11-4-5-12(2)17(13(11)3)25-18(22)15-6-7-16(21)20(19-15)14-8-9-26(23,24)10-14/h4-5,14H,6-10H2,1-3H3/t14-/m1/s1. The number of sulfone groups is 1. The highest BCUT2D eigenvalue weighted by molar-refractivity contribution is 7.91. The Bertz CT molecular complexity index is 904. The number of benzene rings is 1. The van der Waals surface area contributed by atoms with E-state index in [4.69, 9.17) is 4.74 Å². The predicted molar refractivity (Wildman–Crippen MR) is 96.9 cm³/mol. The van der Waals surface area contributed by atoms with Crippen molar-refractivity contribution in [3.63, 3.8) is 0 Å². The predicted octanol–water partition coefficient (Wildman–Crippen LogP) is 1.68. The third-order valence-electron chi connectivity index (χ3n) is 4.92. The van der Waals surface area contributed by atoms with E-state index in [-0.39, 0.29) is 36.0 Å². The lowest BCUT2D eigenvalue weighted by atomic mass is 10.1. The smallest absolute Gasteiger partial charge is 0.359 e. The van der Waals surface area contributed by atoms with Gasteiger partial charge >= 0.3 is 5.97 Å². The molecule has 140 valence electrons. The second kappa shape index (κ2) is 6.83. The van der Waals surface area contributed by atoms with Gasteiger partial charge in [0.15, 0.2) is 9.84 Å². The maximum absolute atomic E-state index is 12.6. The van der Waals surface area contributed by atoms with Crippen molar-refractivity contribution in [3.8, 4) is 5.75 Å². The van der Waals surface area contributed by atoms with Crippen LogP contribution in [0.15, 0.2) is 17.2 Å². The van der Waals surface area contributed by atoms with Crippen LogP contribution in [0.4, 0.5) is 0 Å². The number of carbonyl (C=O) groups is 2. The molecule has 1 fully saturated rings. The molecule has 0 radical (unpaired) electrons. The number of hydrogen-bond acceptors (Lipinski definition) is 6. The lowest BCUT2D eigenvalue weighted by Gasteiger charge is -2.27. The third-order valence-corrected chi connectivity index (χ3v) is 6.67. The Morgan fingerprint density at radius 1 is 1.19 bits per heavy atom. The third kappa shape index (κ3) is 3.65. The highest BCUT2D eigenvalue weighted by Crippen LogP contribution is 2.27. The summed E-state index contributed by atoms with van der Waals surface area (Å²) in [6, 6.07) is 3.34. The quantitative estimate of drug-likeness (QED) is 0.589. The van der Waals surface area contributed by atoms with Gasteiger partial charge in [0, 0.05) is 12.8 Å². The van der Waals surface area contributed by atoms with Crippen molar-refractivity contribution in [1.29, 1.82) is 0 Å². The van der Waals surface area contributed by atoms with E-state index in [9.17, 15) is 18.0 Å². The largest absolute Gasteiger partial charge is 0.421 e. The van der Waals surface area contributed by atoms with Crippen LogP contribution in [0.1, 0.15) is 36.0 Å². The van der Waals surface area contributed by atoms with Crippen molar-refractivity contribution in [1.82, 2.24) is 5.01 Å². The van der Waals surface area contributed by atoms with Crippen LogP contribution in [-0.4, -0.2) is 48.6 Å². The van der Waals surface area contributed by atoms with Crippen molar-refractivity contribution in [3.05, 3.63) is 28.8 Å². The molecule has 1 atom stereocenters. The first-order valence-electron chi connectivity index (χ1n) is 8.57. The van der Waals surface area contributed by atoms with Crippen LogP contribution >= 0.6 is 0 Å². The van der Waals surface area contributed by atoms with Gasteiger partial charge in [-0.05, 0) is 43.9 Å². The summed E-state index contributed by atoms with van der Waals surface area (Å²) < 4.78 is 28.9. The Labute approximate surface area is 152 Å². The first-order valence-corrected chi connectivity index (χ1v) is 10.4. The lowest BCUT2D eigenvalue weighted by molar-refractivity contribution is -0.134. The lowest BCUT2D eigenvalue weighted by Crippen LogP contribution is -2.42. The molecule has 0 unspecified atom stereocenters. The number of nitrogens with zero attached hydrogens (tertiary/aromatic N) is 2. The van der Waals surface area contributed by atoms with Crippen molar-refractivity contribution in [2.24, 2.45) is 5.10 Å². The Morgan fingerprint density at radius 3 is 2.54 bits per heavy atom. The molecule has 0 N–H and O–H groups in total.